The number of benzene rings is 4. The number of azo groups is 2. The van der Waals surface area contributed by atoms with Crippen molar-refractivity contribution in [1.82, 2.24) is 0 Å². The number of aryl methyl sites for hydroxylation is 1. The molecule has 0 spiro atoms. The number of unbranched alkanes of at least 4 members (excludes halogenated alkanes) is 1. The van der Waals surface area contributed by atoms with Crippen molar-refractivity contribution in [2.75, 3.05) is 31.2 Å². The first-order chi connectivity index (χ1) is 22.9. The van der Waals surface area contributed by atoms with Gasteiger partial charge in [-0.2, -0.15) is 20.5 Å². The molecule has 4 aromatic rings. The van der Waals surface area contributed by atoms with Crippen molar-refractivity contribution in [2.45, 2.75) is 33.6 Å². The zero-order valence-corrected chi connectivity index (χ0v) is 27.0. The summed E-state index contributed by atoms with van der Waals surface area (Å²) in [5.74, 6) is 0.0982. The summed E-state index contributed by atoms with van der Waals surface area (Å²) in [4.78, 5) is 25.9. The second kappa shape index (κ2) is 17.7. The van der Waals surface area contributed by atoms with Crippen LogP contribution < -0.4 is 14.4 Å². The molecule has 242 valence electrons. The van der Waals surface area contributed by atoms with Crippen LogP contribution in [-0.2, 0) is 9.53 Å². The van der Waals surface area contributed by atoms with Crippen LogP contribution in [0.5, 0.6) is 11.5 Å². The Bertz CT molecular complexity index is 1680. The van der Waals surface area contributed by atoms with Crippen LogP contribution in [0.4, 0.5) is 28.4 Å². The van der Waals surface area contributed by atoms with E-state index in [-0.39, 0.29) is 0 Å². The zero-order valence-electron chi connectivity index (χ0n) is 27.0. The number of hydrogen-bond acceptors (Lipinski definition) is 10. The molecule has 47 heavy (non-hydrogen) atoms. The van der Waals surface area contributed by atoms with Gasteiger partial charge in [0.05, 0.1) is 41.5 Å². The molecule has 10 nitrogen and oxygen atoms in total. The molecule has 10 heteroatoms. The van der Waals surface area contributed by atoms with E-state index in [1.807, 2.05) is 37.3 Å². The molecular weight excluding hydrogens is 594 g/mol. The number of hydrogen-bond donors (Lipinski definition) is 0. The first-order valence-corrected chi connectivity index (χ1v) is 15.5. The number of carbonyl (C=O) groups excluding carboxylic acids is 2. The summed E-state index contributed by atoms with van der Waals surface area (Å²) in [7, 11) is 0. The molecule has 0 atom stereocenters. The van der Waals surface area contributed by atoms with Gasteiger partial charge in [0.2, 0.25) is 0 Å². The Labute approximate surface area is 275 Å². The van der Waals surface area contributed by atoms with Gasteiger partial charge in [-0.15, -0.1) is 0 Å². The van der Waals surface area contributed by atoms with Crippen LogP contribution >= 0.6 is 0 Å². The van der Waals surface area contributed by atoms with Gasteiger partial charge >= 0.3 is 11.9 Å². The molecule has 0 aliphatic carbocycles. The van der Waals surface area contributed by atoms with Gasteiger partial charge in [0.1, 0.15) is 11.5 Å². The summed E-state index contributed by atoms with van der Waals surface area (Å²) in [5, 5.41) is 17.4. The second-order valence-electron chi connectivity index (χ2n) is 10.4. The van der Waals surface area contributed by atoms with Gasteiger partial charge in [-0.1, -0.05) is 6.58 Å². The molecule has 0 saturated carbocycles. The quantitative estimate of drug-likeness (QED) is 0.0399. The Morgan fingerprint density at radius 1 is 0.723 bits per heavy atom. The molecule has 0 radical (unpaired) electrons. The molecule has 0 saturated heterocycles. The molecule has 0 unspecified atom stereocenters. The van der Waals surface area contributed by atoms with Crippen molar-refractivity contribution in [3.8, 4) is 11.5 Å². The molecule has 0 amide bonds. The lowest BCUT2D eigenvalue weighted by atomic mass is 10.2. The summed E-state index contributed by atoms with van der Waals surface area (Å²) in [5.41, 5.74) is 5.31. The van der Waals surface area contributed by atoms with Gasteiger partial charge in [-0.05, 0) is 130 Å². The molecule has 0 fully saturated rings. The first-order valence-electron chi connectivity index (χ1n) is 15.5. The van der Waals surface area contributed by atoms with E-state index >= 15 is 0 Å². The summed E-state index contributed by atoms with van der Waals surface area (Å²) >= 11 is 0. The molecule has 4 aromatic carbocycles. The Hall–Kier alpha value is -5.64. The Kier molecular flexibility index (Phi) is 12.9. The summed E-state index contributed by atoms with van der Waals surface area (Å²) < 4.78 is 16.1. The van der Waals surface area contributed by atoms with Crippen LogP contribution in [-0.4, -0.2) is 38.2 Å². The lowest BCUT2D eigenvalue weighted by Crippen LogP contribution is -2.21. The Balaban J connectivity index is 1.24. The minimum Gasteiger partial charge on any atom is -0.494 e. The molecular formula is C37H39N5O5. The van der Waals surface area contributed by atoms with Crippen LogP contribution in [0.2, 0.25) is 0 Å². The van der Waals surface area contributed by atoms with E-state index in [0.29, 0.717) is 48.1 Å². The van der Waals surface area contributed by atoms with E-state index < -0.39 is 11.9 Å². The third-order valence-corrected chi connectivity index (χ3v) is 7.07. The van der Waals surface area contributed by atoms with Crippen molar-refractivity contribution in [3.63, 3.8) is 0 Å². The van der Waals surface area contributed by atoms with Gasteiger partial charge in [-0.3, -0.25) is 0 Å². The second-order valence-corrected chi connectivity index (χ2v) is 10.4. The fourth-order valence-electron chi connectivity index (χ4n) is 4.42. The third-order valence-electron chi connectivity index (χ3n) is 7.07. The van der Waals surface area contributed by atoms with Crippen molar-refractivity contribution in [1.29, 1.82) is 0 Å². The number of carbonyl (C=O) groups is 2. The molecule has 4 rings (SSSR count). The topological polar surface area (TPSA) is 115 Å². The lowest BCUT2D eigenvalue weighted by molar-refractivity contribution is -0.137. The van der Waals surface area contributed by atoms with Gasteiger partial charge in [0, 0.05) is 24.9 Å². The minimum atomic E-state index is -0.487. The molecule has 0 aromatic heterocycles. The third kappa shape index (κ3) is 10.7. The van der Waals surface area contributed by atoms with Crippen molar-refractivity contribution < 1.29 is 23.8 Å². The number of anilines is 1. The fraction of sp³-hybridized carbons (Fsp3) is 0.243. The average Bonchev–Trinajstić information content (AvgIpc) is 3.10. The highest BCUT2D eigenvalue weighted by Crippen LogP contribution is 2.29. The van der Waals surface area contributed by atoms with Gasteiger partial charge in [0.25, 0.3) is 0 Å². The predicted octanol–water partition coefficient (Wildman–Crippen LogP) is 9.78. The summed E-state index contributed by atoms with van der Waals surface area (Å²) in [6, 6.07) is 27.2. The molecule has 0 N–H and O–H groups in total. The smallest absolute Gasteiger partial charge is 0.343 e. The minimum absolute atomic E-state index is 0.318. The molecule has 0 bridgehead atoms. The van der Waals surface area contributed by atoms with Gasteiger partial charge in [0.15, 0.2) is 0 Å². The van der Waals surface area contributed by atoms with Crippen LogP contribution in [0.3, 0.4) is 0 Å². The van der Waals surface area contributed by atoms with E-state index in [0.717, 1.165) is 42.5 Å². The van der Waals surface area contributed by atoms with E-state index in [2.05, 4.69) is 57.9 Å². The van der Waals surface area contributed by atoms with Crippen LogP contribution in [0.25, 0.3) is 0 Å². The predicted molar refractivity (Wildman–Crippen MR) is 183 cm³/mol. The van der Waals surface area contributed by atoms with Gasteiger partial charge in [-0.25, -0.2) is 9.59 Å². The number of nitrogens with zero attached hydrogens (tertiary/aromatic N) is 5. The molecule has 0 aliphatic rings. The zero-order chi connectivity index (χ0) is 33.4. The standard InChI is InChI=1S/C37H39N5O5/c1-5-36(43)46-25-9-8-24-45-33-19-10-28(11-20-33)37(44)47-34-21-14-30(15-22-34)39-41-35-23-16-31(26-27(35)4)40-38-29-12-17-32(18-13-29)42(6-2)7-3/h5,10-23,26H,1,6-9,24-25H2,2-4H3. The maximum atomic E-state index is 12.6. The van der Waals surface area contributed by atoms with E-state index in [1.54, 1.807) is 48.5 Å². The largest absolute Gasteiger partial charge is 0.494 e. The van der Waals surface area contributed by atoms with E-state index in [9.17, 15) is 9.59 Å². The normalized spacial score (nSPS) is 11.0. The fourth-order valence-corrected chi connectivity index (χ4v) is 4.42. The van der Waals surface area contributed by atoms with Crippen molar-refractivity contribution >= 4 is 40.4 Å². The highest BCUT2D eigenvalue weighted by molar-refractivity contribution is 5.91. The molecule has 0 heterocycles. The van der Waals surface area contributed by atoms with E-state index in [1.165, 1.54) is 5.69 Å². The van der Waals surface area contributed by atoms with Crippen LogP contribution in [0.15, 0.2) is 124 Å². The van der Waals surface area contributed by atoms with Gasteiger partial charge < -0.3 is 19.1 Å². The summed E-state index contributed by atoms with van der Waals surface area (Å²) in [6.45, 7) is 12.3. The SMILES string of the molecule is C=CC(=O)OCCCCOc1ccc(C(=O)Oc2ccc(N=Nc3ccc(N=Nc4ccc(N(CC)CC)cc4)cc3C)cc2)cc1. The maximum absolute atomic E-state index is 12.6. The maximum Gasteiger partial charge on any atom is 0.343 e. The monoisotopic (exact) mass is 633 g/mol. The Morgan fingerprint density at radius 2 is 1.30 bits per heavy atom. The van der Waals surface area contributed by atoms with Crippen molar-refractivity contribution in [2.24, 2.45) is 20.5 Å². The Morgan fingerprint density at radius 3 is 1.94 bits per heavy atom. The first kappa shape index (κ1) is 34.2. The van der Waals surface area contributed by atoms with Crippen LogP contribution in [0.1, 0.15) is 42.6 Å². The van der Waals surface area contributed by atoms with Crippen molar-refractivity contribution in [3.05, 3.63) is 115 Å². The highest BCUT2D eigenvalue weighted by atomic mass is 16.5. The highest BCUT2D eigenvalue weighted by Gasteiger charge is 2.09. The average molecular weight is 634 g/mol. The molecule has 0 aliphatic heterocycles. The lowest BCUT2D eigenvalue weighted by Gasteiger charge is -2.20. The number of esters is 2. The van der Waals surface area contributed by atoms with E-state index in [4.69, 9.17) is 14.2 Å². The number of ether oxygens (including phenoxy) is 3. The summed E-state index contributed by atoms with van der Waals surface area (Å²) in [6.07, 6.45) is 2.53. The number of rotatable bonds is 16. The van der Waals surface area contributed by atoms with Crippen LogP contribution in [0, 0.1) is 6.92 Å².